The van der Waals surface area contributed by atoms with Gasteiger partial charge in [0, 0.05) is 25.8 Å². The van der Waals surface area contributed by atoms with Crippen LogP contribution in [0, 0.1) is 0 Å². The average Bonchev–Trinajstić information content (AvgIpc) is 2.31. The fourth-order valence-corrected chi connectivity index (χ4v) is 1.54. The summed E-state index contributed by atoms with van der Waals surface area (Å²) in [6.45, 7) is 6.01. The van der Waals surface area contributed by atoms with Gasteiger partial charge in [0.2, 0.25) is 0 Å². The maximum absolute atomic E-state index is 9.62. The highest BCUT2D eigenvalue weighted by Crippen LogP contribution is 1.99. The third kappa shape index (κ3) is 12.1. The molecular formula is C13H29NO3. The van der Waals surface area contributed by atoms with Gasteiger partial charge in [0.15, 0.2) is 0 Å². The van der Waals surface area contributed by atoms with E-state index in [1.54, 1.807) is 0 Å². The topological polar surface area (TPSA) is 61.7 Å². The Balaban J connectivity index is 3.25. The molecule has 17 heavy (non-hydrogen) atoms. The predicted molar refractivity (Wildman–Crippen MR) is 70.1 cm³/mol. The van der Waals surface area contributed by atoms with Crippen molar-refractivity contribution in [3.05, 3.63) is 0 Å². The minimum absolute atomic E-state index is 0.179. The molecule has 0 aliphatic heterocycles. The first-order chi connectivity index (χ1) is 8.20. The highest BCUT2D eigenvalue weighted by Gasteiger charge is 2.06. The fraction of sp³-hybridized carbons (Fsp3) is 1.00. The molecule has 0 fully saturated rings. The summed E-state index contributed by atoms with van der Waals surface area (Å²) in [5.74, 6) is 0. The molecule has 0 spiro atoms. The van der Waals surface area contributed by atoms with Crippen LogP contribution in [-0.4, -0.2) is 48.7 Å². The largest absolute Gasteiger partial charge is 0.396 e. The summed E-state index contributed by atoms with van der Waals surface area (Å²) in [6.07, 6.45) is 5.03. The number of rotatable bonds is 12. The van der Waals surface area contributed by atoms with Crippen molar-refractivity contribution >= 4 is 0 Å². The highest BCUT2D eigenvalue weighted by atomic mass is 16.5. The van der Waals surface area contributed by atoms with Crippen molar-refractivity contribution in [2.24, 2.45) is 0 Å². The summed E-state index contributed by atoms with van der Waals surface area (Å²) in [5.41, 5.74) is 0. The van der Waals surface area contributed by atoms with Crippen LogP contribution < -0.4 is 5.32 Å². The summed E-state index contributed by atoms with van der Waals surface area (Å²) in [7, 11) is 0. The number of hydrogen-bond donors (Lipinski definition) is 3. The molecule has 0 aliphatic rings. The van der Waals surface area contributed by atoms with E-state index in [1.165, 1.54) is 19.3 Å². The van der Waals surface area contributed by atoms with Crippen molar-refractivity contribution in [2.75, 3.05) is 26.4 Å². The van der Waals surface area contributed by atoms with Crippen molar-refractivity contribution in [3.8, 4) is 0 Å². The first kappa shape index (κ1) is 16.8. The van der Waals surface area contributed by atoms with E-state index in [0.29, 0.717) is 19.6 Å². The fourth-order valence-electron chi connectivity index (χ4n) is 1.54. The number of unbranched alkanes of at least 4 members (excludes halogenated alkanes) is 3. The van der Waals surface area contributed by atoms with Crippen LogP contribution in [-0.2, 0) is 4.74 Å². The van der Waals surface area contributed by atoms with Gasteiger partial charge in [-0.1, -0.05) is 26.2 Å². The molecule has 4 heteroatoms. The first-order valence-corrected chi connectivity index (χ1v) is 6.80. The van der Waals surface area contributed by atoms with Crippen molar-refractivity contribution in [1.82, 2.24) is 5.32 Å². The Labute approximate surface area is 105 Å². The molecule has 2 unspecified atom stereocenters. The lowest BCUT2D eigenvalue weighted by Gasteiger charge is -2.16. The number of nitrogens with one attached hydrogen (secondary N) is 1. The number of ether oxygens (including phenoxy) is 1. The third-order valence-electron chi connectivity index (χ3n) is 2.72. The lowest BCUT2D eigenvalue weighted by atomic mass is 10.2. The van der Waals surface area contributed by atoms with Crippen LogP contribution in [0.25, 0.3) is 0 Å². The Morgan fingerprint density at radius 1 is 1.24 bits per heavy atom. The lowest BCUT2D eigenvalue weighted by Crippen LogP contribution is -2.36. The van der Waals surface area contributed by atoms with E-state index in [0.717, 1.165) is 13.0 Å². The van der Waals surface area contributed by atoms with E-state index in [2.05, 4.69) is 12.2 Å². The van der Waals surface area contributed by atoms with Gasteiger partial charge in [0.25, 0.3) is 0 Å². The highest BCUT2D eigenvalue weighted by molar-refractivity contribution is 4.64. The summed E-state index contributed by atoms with van der Waals surface area (Å²) in [6, 6.07) is 0.235. The van der Waals surface area contributed by atoms with E-state index in [9.17, 15) is 5.11 Å². The van der Waals surface area contributed by atoms with E-state index in [-0.39, 0.29) is 12.6 Å². The quantitative estimate of drug-likeness (QED) is 0.455. The molecule has 0 aromatic carbocycles. The molecule has 0 aromatic rings. The average molecular weight is 247 g/mol. The molecule has 3 N–H and O–H groups in total. The van der Waals surface area contributed by atoms with Gasteiger partial charge in [-0.15, -0.1) is 0 Å². The van der Waals surface area contributed by atoms with Crippen LogP contribution in [0.1, 0.15) is 46.0 Å². The normalized spacial score (nSPS) is 14.8. The van der Waals surface area contributed by atoms with Crippen LogP contribution >= 0.6 is 0 Å². The molecule has 0 aliphatic carbocycles. The molecule has 0 aromatic heterocycles. The molecule has 0 heterocycles. The SMILES string of the molecule is CCCCCCOCC(O)CNC(C)CCO. The van der Waals surface area contributed by atoms with Gasteiger partial charge in [0.05, 0.1) is 12.7 Å². The van der Waals surface area contributed by atoms with Crippen LogP contribution in [0.4, 0.5) is 0 Å². The summed E-state index contributed by atoms with van der Waals surface area (Å²) in [4.78, 5) is 0. The zero-order valence-corrected chi connectivity index (χ0v) is 11.3. The molecule has 0 bridgehead atoms. The zero-order valence-electron chi connectivity index (χ0n) is 11.3. The number of hydrogen-bond acceptors (Lipinski definition) is 4. The van der Waals surface area contributed by atoms with Gasteiger partial charge in [-0.3, -0.25) is 0 Å². The second-order valence-electron chi connectivity index (χ2n) is 4.61. The Morgan fingerprint density at radius 2 is 2.00 bits per heavy atom. The van der Waals surface area contributed by atoms with E-state index >= 15 is 0 Å². The minimum atomic E-state index is -0.456. The predicted octanol–water partition coefficient (Wildman–Crippen LogP) is 1.30. The first-order valence-electron chi connectivity index (χ1n) is 6.80. The van der Waals surface area contributed by atoms with Gasteiger partial charge in [-0.2, -0.15) is 0 Å². The van der Waals surface area contributed by atoms with E-state index < -0.39 is 6.10 Å². The Bertz CT molecular complexity index is 156. The van der Waals surface area contributed by atoms with Crippen molar-refractivity contribution in [3.63, 3.8) is 0 Å². The van der Waals surface area contributed by atoms with Crippen molar-refractivity contribution < 1.29 is 14.9 Å². The van der Waals surface area contributed by atoms with Gasteiger partial charge in [0.1, 0.15) is 0 Å². The minimum Gasteiger partial charge on any atom is -0.396 e. The van der Waals surface area contributed by atoms with Gasteiger partial charge >= 0.3 is 0 Å². The standard InChI is InChI=1S/C13H29NO3/c1-3-4-5-6-9-17-11-13(16)10-14-12(2)7-8-15/h12-16H,3-11H2,1-2H3. The van der Waals surface area contributed by atoms with Crippen LogP contribution in [0.15, 0.2) is 0 Å². The summed E-state index contributed by atoms with van der Waals surface area (Å²) >= 11 is 0. The van der Waals surface area contributed by atoms with E-state index in [4.69, 9.17) is 9.84 Å². The number of aliphatic hydroxyl groups is 2. The molecule has 0 amide bonds. The second kappa shape index (κ2) is 12.3. The Kier molecular flexibility index (Phi) is 12.2. The van der Waals surface area contributed by atoms with E-state index in [1.807, 2.05) is 6.92 Å². The summed E-state index contributed by atoms with van der Waals surface area (Å²) < 4.78 is 5.39. The third-order valence-corrected chi connectivity index (χ3v) is 2.72. The number of aliphatic hydroxyl groups excluding tert-OH is 2. The zero-order chi connectivity index (χ0) is 12.9. The lowest BCUT2D eigenvalue weighted by molar-refractivity contribution is 0.0340. The second-order valence-corrected chi connectivity index (χ2v) is 4.61. The molecule has 0 saturated heterocycles. The monoisotopic (exact) mass is 247 g/mol. The van der Waals surface area contributed by atoms with Crippen LogP contribution in [0.3, 0.4) is 0 Å². The molecule has 104 valence electrons. The summed E-state index contributed by atoms with van der Waals surface area (Å²) in [5, 5.41) is 21.5. The Hall–Kier alpha value is -0.160. The molecule has 0 rings (SSSR count). The van der Waals surface area contributed by atoms with Crippen molar-refractivity contribution in [2.45, 2.75) is 58.1 Å². The molecule has 4 nitrogen and oxygen atoms in total. The maximum atomic E-state index is 9.62. The molecule has 0 radical (unpaired) electrons. The van der Waals surface area contributed by atoms with Gasteiger partial charge < -0.3 is 20.3 Å². The molecule has 2 atom stereocenters. The maximum Gasteiger partial charge on any atom is 0.0897 e. The van der Waals surface area contributed by atoms with Crippen LogP contribution in [0.5, 0.6) is 0 Å². The van der Waals surface area contributed by atoms with Gasteiger partial charge in [-0.25, -0.2) is 0 Å². The van der Waals surface area contributed by atoms with Crippen LogP contribution in [0.2, 0.25) is 0 Å². The molecule has 0 saturated carbocycles. The smallest absolute Gasteiger partial charge is 0.0897 e. The van der Waals surface area contributed by atoms with Gasteiger partial charge in [-0.05, 0) is 19.8 Å². The van der Waals surface area contributed by atoms with Crippen molar-refractivity contribution in [1.29, 1.82) is 0 Å². The Morgan fingerprint density at radius 3 is 2.65 bits per heavy atom. The molecular weight excluding hydrogens is 218 g/mol.